The molecular weight excluding hydrogens is 216 g/mol. The van der Waals surface area contributed by atoms with Crippen molar-refractivity contribution in [3.63, 3.8) is 0 Å². The van der Waals surface area contributed by atoms with E-state index in [9.17, 15) is 4.79 Å². The molecule has 94 valence electrons. The highest BCUT2D eigenvalue weighted by Crippen LogP contribution is 2.12. The predicted molar refractivity (Wildman–Crippen MR) is 67.1 cm³/mol. The van der Waals surface area contributed by atoms with Crippen molar-refractivity contribution in [1.82, 2.24) is 0 Å². The summed E-state index contributed by atoms with van der Waals surface area (Å²) in [7, 11) is 0. The molecule has 0 saturated heterocycles. The summed E-state index contributed by atoms with van der Waals surface area (Å²) in [4.78, 5) is 11.4. The zero-order valence-electron chi connectivity index (χ0n) is 10.4. The fourth-order valence-corrected chi connectivity index (χ4v) is 1.27. The van der Waals surface area contributed by atoms with Crippen LogP contribution in [0.5, 0.6) is 0 Å². The number of hydrogen-bond donors (Lipinski definition) is 0. The number of terminal acetylenes is 2. The van der Waals surface area contributed by atoms with Gasteiger partial charge in [0.1, 0.15) is 6.61 Å². The van der Waals surface area contributed by atoms with Crippen LogP contribution >= 0.6 is 0 Å². The lowest BCUT2D eigenvalue weighted by atomic mass is 9.99. The molecule has 3 heteroatoms. The molecule has 0 aromatic carbocycles. The Hall–Kier alpha value is -1.45. The molecule has 0 aliphatic carbocycles. The topological polar surface area (TPSA) is 35.5 Å². The normalized spacial score (nSPS) is 11.2. The molecule has 0 saturated carbocycles. The van der Waals surface area contributed by atoms with Crippen LogP contribution in [0.3, 0.4) is 0 Å². The van der Waals surface area contributed by atoms with Crippen LogP contribution in [0.15, 0.2) is 0 Å². The number of carbonyl (C=O) groups is 1. The summed E-state index contributed by atoms with van der Waals surface area (Å²) < 4.78 is 10.2. The van der Waals surface area contributed by atoms with Crippen LogP contribution in [0.4, 0.5) is 0 Å². The molecule has 0 heterocycles. The van der Waals surface area contributed by atoms with Crippen LogP contribution < -0.4 is 0 Å². The van der Waals surface area contributed by atoms with Gasteiger partial charge in [0.2, 0.25) is 0 Å². The van der Waals surface area contributed by atoms with Gasteiger partial charge in [-0.25, -0.2) is 0 Å². The van der Waals surface area contributed by atoms with E-state index in [2.05, 4.69) is 11.8 Å². The highest BCUT2D eigenvalue weighted by molar-refractivity contribution is 5.69. The molecule has 0 spiro atoms. The molecule has 1 atom stereocenters. The zero-order chi connectivity index (χ0) is 12.9. The van der Waals surface area contributed by atoms with Gasteiger partial charge in [-0.05, 0) is 5.92 Å². The van der Waals surface area contributed by atoms with Gasteiger partial charge in [0.05, 0.1) is 13.2 Å². The molecular formula is C14H20O3. The van der Waals surface area contributed by atoms with Crippen molar-refractivity contribution >= 4 is 5.97 Å². The molecule has 0 aromatic heterocycles. The Labute approximate surface area is 104 Å². The molecule has 0 aromatic rings. The summed E-state index contributed by atoms with van der Waals surface area (Å²) in [5.74, 6) is 5.03. The van der Waals surface area contributed by atoms with Crippen LogP contribution in [-0.4, -0.2) is 25.8 Å². The van der Waals surface area contributed by atoms with Crippen LogP contribution in [0.1, 0.15) is 32.6 Å². The first-order chi connectivity index (χ1) is 8.24. The van der Waals surface area contributed by atoms with Gasteiger partial charge in [-0.1, -0.05) is 13.3 Å². The maximum atomic E-state index is 11.4. The highest BCUT2D eigenvalue weighted by atomic mass is 16.6. The monoisotopic (exact) mass is 236 g/mol. The molecule has 0 N–H and O–H groups in total. The second kappa shape index (κ2) is 11.0. The zero-order valence-corrected chi connectivity index (χ0v) is 10.4. The van der Waals surface area contributed by atoms with Gasteiger partial charge in [-0.2, -0.15) is 0 Å². The number of carbonyl (C=O) groups excluding carboxylic acids is 1. The molecule has 0 rings (SSSR count). The molecule has 1 unspecified atom stereocenters. The Morgan fingerprint density at radius 1 is 1.24 bits per heavy atom. The summed E-state index contributed by atoms with van der Waals surface area (Å²) in [5.41, 5.74) is 0. The largest absolute Gasteiger partial charge is 0.463 e. The van der Waals surface area contributed by atoms with Gasteiger partial charge in [-0.15, -0.1) is 24.7 Å². The minimum atomic E-state index is -0.215. The highest BCUT2D eigenvalue weighted by Gasteiger charge is 2.11. The number of hydrogen-bond acceptors (Lipinski definition) is 3. The average Bonchev–Trinajstić information content (AvgIpc) is 2.33. The summed E-state index contributed by atoms with van der Waals surface area (Å²) in [5, 5.41) is 0. The molecule has 17 heavy (non-hydrogen) atoms. The molecule has 3 nitrogen and oxygen atoms in total. The lowest BCUT2D eigenvalue weighted by Gasteiger charge is -2.11. The minimum absolute atomic E-state index is 0.215. The quantitative estimate of drug-likeness (QED) is 0.349. The molecule has 0 aliphatic rings. The van der Waals surface area contributed by atoms with E-state index >= 15 is 0 Å². The Morgan fingerprint density at radius 3 is 2.59 bits per heavy atom. The second-order valence-corrected chi connectivity index (χ2v) is 3.67. The van der Waals surface area contributed by atoms with E-state index in [4.69, 9.17) is 22.3 Å². The third-order valence-electron chi connectivity index (χ3n) is 2.32. The lowest BCUT2D eigenvalue weighted by molar-refractivity contribution is -0.146. The summed E-state index contributed by atoms with van der Waals surface area (Å²) in [6.45, 7) is 3.18. The third-order valence-corrected chi connectivity index (χ3v) is 2.32. The van der Waals surface area contributed by atoms with Crippen LogP contribution in [-0.2, 0) is 14.3 Å². The molecule has 0 bridgehead atoms. The summed E-state index contributed by atoms with van der Waals surface area (Å²) >= 11 is 0. The molecule has 0 amide bonds. The van der Waals surface area contributed by atoms with Gasteiger partial charge in [0.25, 0.3) is 0 Å². The standard InChI is InChI=1S/C14H20O3/c1-4-7-9-16-10-11-17-14(15)12-13(6-3)8-5-2/h1-2,13H,6-12H2,3H3. The second-order valence-electron chi connectivity index (χ2n) is 3.67. The van der Waals surface area contributed by atoms with E-state index in [0.29, 0.717) is 32.5 Å². The first-order valence-electron chi connectivity index (χ1n) is 5.84. The van der Waals surface area contributed by atoms with Crippen molar-refractivity contribution in [3.05, 3.63) is 0 Å². The van der Waals surface area contributed by atoms with Crippen LogP contribution in [0, 0.1) is 30.6 Å². The summed E-state index contributed by atoms with van der Waals surface area (Å²) in [6, 6.07) is 0. The maximum Gasteiger partial charge on any atom is 0.306 e. The number of ether oxygens (including phenoxy) is 2. The van der Waals surface area contributed by atoms with Crippen molar-refractivity contribution in [2.24, 2.45) is 5.92 Å². The van der Waals surface area contributed by atoms with Crippen LogP contribution in [0.2, 0.25) is 0 Å². The smallest absolute Gasteiger partial charge is 0.306 e. The van der Waals surface area contributed by atoms with E-state index < -0.39 is 0 Å². The minimum Gasteiger partial charge on any atom is -0.463 e. The number of rotatable bonds is 9. The van der Waals surface area contributed by atoms with Crippen molar-refractivity contribution in [1.29, 1.82) is 0 Å². The van der Waals surface area contributed by atoms with E-state index in [-0.39, 0.29) is 18.5 Å². The predicted octanol–water partition coefficient (Wildman–Crippen LogP) is 2.01. The van der Waals surface area contributed by atoms with Crippen molar-refractivity contribution in [3.8, 4) is 24.7 Å². The first-order valence-corrected chi connectivity index (χ1v) is 5.84. The third kappa shape index (κ3) is 9.48. The Balaban J connectivity index is 3.52. The lowest BCUT2D eigenvalue weighted by Crippen LogP contribution is -2.14. The SMILES string of the molecule is C#CCCOCCOC(=O)CC(CC)CC#C. The van der Waals surface area contributed by atoms with E-state index in [1.807, 2.05) is 6.92 Å². The van der Waals surface area contributed by atoms with Crippen molar-refractivity contribution in [2.45, 2.75) is 32.6 Å². The maximum absolute atomic E-state index is 11.4. The van der Waals surface area contributed by atoms with E-state index in [1.165, 1.54) is 0 Å². The van der Waals surface area contributed by atoms with Gasteiger partial charge >= 0.3 is 5.97 Å². The number of esters is 1. The van der Waals surface area contributed by atoms with E-state index in [1.54, 1.807) is 0 Å². The van der Waals surface area contributed by atoms with Crippen molar-refractivity contribution < 1.29 is 14.3 Å². The molecule has 0 radical (unpaired) electrons. The Bertz CT molecular complexity index is 283. The van der Waals surface area contributed by atoms with E-state index in [0.717, 1.165) is 6.42 Å². The van der Waals surface area contributed by atoms with Gasteiger partial charge < -0.3 is 9.47 Å². The molecule has 0 fully saturated rings. The Kier molecular flexibility index (Phi) is 10.1. The molecule has 0 aliphatic heterocycles. The average molecular weight is 236 g/mol. The fraction of sp³-hybridized carbons (Fsp3) is 0.643. The van der Waals surface area contributed by atoms with Gasteiger partial charge in [0.15, 0.2) is 0 Å². The first kappa shape index (κ1) is 15.6. The van der Waals surface area contributed by atoms with Crippen molar-refractivity contribution in [2.75, 3.05) is 19.8 Å². The van der Waals surface area contributed by atoms with Gasteiger partial charge in [0, 0.05) is 19.3 Å². The Morgan fingerprint density at radius 2 is 2.00 bits per heavy atom. The van der Waals surface area contributed by atoms with Crippen LogP contribution in [0.25, 0.3) is 0 Å². The fourth-order valence-electron chi connectivity index (χ4n) is 1.27. The summed E-state index contributed by atoms with van der Waals surface area (Å²) in [6.07, 6.45) is 12.7. The van der Waals surface area contributed by atoms with Gasteiger partial charge in [-0.3, -0.25) is 4.79 Å².